The molecule has 1 rings (SSSR count). The number of nitrogen functional groups attached to an aromatic ring is 1. The largest absolute Gasteiger partial charge is 0.465 e. The van der Waals surface area contributed by atoms with Crippen molar-refractivity contribution in [3.05, 3.63) is 23.3 Å². The molecule has 102 valence electrons. The molecule has 4 heteroatoms. The van der Waals surface area contributed by atoms with Crippen molar-refractivity contribution in [2.45, 2.75) is 34.1 Å². The summed E-state index contributed by atoms with van der Waals surface area (Å²) in [6, 6.07) is 3.64. The number of rotatable bonds is 4. The molecule has 1 unspecified atom stereocenters. The summed E-state index contributed by atoms with van der Waals surface area (Å²) < 4.78 is 4.74. The molecule has 0 fully saturated rings. The van der Waals surface area contributed by atoms with Gasteiger partial charge in [0.1, 0.15) is 0 Å². The zero-order chi connectivity index (χ0) is 14.1. The van der Waals surface area contributed by atoms with Crippen LogP contribution < -0.4 is 11.0 Å². The number of benzene rings is 1. The third-order valence-electron chi connectivity index (χ3n) is 2.40. The molecule has 1 aromatic rings. The lowest BCUT2D eigenvalue weighted by Gasteiger charge is -2.11. The second-order valence-electron chi connectivity index (χ2n) is 3.66. The Morgan fingerprint density at radius 3 is 2.50 bits per heavy atom. The Morgan fingerprint density at radius 2 is 2.00 bits per heavy atom. The Hall–Kier alpha value is -1.08. The van der Waals surface area contributed by atoms with E-state index in [1.807, 2.05) is 26.8 Å². The van der Waals surface area contributed by atoms with Crippen molar-refractivity contribution >= 4 is 25.5 Å². The zero-order valence-electron chi connectivity index (χ0n) is 12.0. The fourth-order valence-corrected chi connectivity index (χ4v) is 2.69. The van der Waals surface area contributed by atoms with Gasteiger partial charge < -0.3 is 10.5 Å². The van der Waals surface area contributed by atoms with Gasteiger partial charge in [-0.05, 0) is 36.1 Å². The topological polar surface area (TPSA) is 52.3 Å². The maximum absolute atomic E-state index is 11.5. The van der Waals surface area contributed by atoms with Gasteiger partial charge >= 0.3 is 5.97 Å². The molecule has 0 aliphatic rings. The van der Waals surface area contributed by atoms with Crippen molar-refractivity contribution in [1.29, 1.82) is 0 Å². The number of carbonyl (C=O) groups is 1. The summed E-state index contributed by atoms with van der Waals surface area (Å²) in [7, 11) is 2.09. The zero-order valence-corrected chi connectivity index (χ0v) is 13.0. The van der Waals surface area contributed by atoms with Crippen LogP contribution in [0.3, 0.4) is 0 Å². The minimum absolute atomic E-state index is 0.313. The van der Waals surface area contributed by atoms with Crippen molar-refractivity contribution in [1.82, 2.24) is 0 Å². The molecule has 0 saturated carbocycles. The molecule has 0 amide bonds. The summed E-state index contributed by atoms with van der Waals surface area (Å²) in [5.74, 6) is -0.313. The van der Waals surface area contributed by atoms with E-state index in [0.717, 1.165) is 18.1 Å². The second kappa shape index (κ2) is 8.93. The van der Waals surface area contributed by atoms with Crippen LogP contribution in [0, 0.1) is 6.92 Å². The van der Waals surface area contributed by atoms with Crippen LogP contribution in [0.5, 0.6) is 0 Å². The molecule has 0 bridgehead atoms. The van der Waals surface area contributed by atoms with Gasteiger partial charge in [0.25, 0.3) is 0 Å². The average Bonchev–Trinajstić information content (AvgIpc) is 2.40. The lowest BCUT2D eigenvalue weighted by molar-refractivity contribution is 0.0600. The van der Waals surface area contributed by atoms with Crippen LogP contribution in [-0.4, -0.2) is 19.2 Å². The van der Waals surface area contributed by atoms with Crippen LogP contribution in [0.1, 0.15) is 43.1 Å². The predicted octanol–water partition coefficient (Wildman–Crippen LogP) is 3.10. The number of ether oxygens (including phenoxy) is 1. The highest BCUT2D eigenvalue weighted by atomic mass is 31.1. The van der Waals surface area contributed by atoms with E-state index in [4.69, 9.17) is 10.5 Å². The lowest BCUT2D eigenvalue weighted by Crippen LogP contribution is -2.12. The summed E-state index contributed by atoms with van der Waals surface area (Å²) >= 11 is 0. The Balaban J connectivity index is 0.00000137. The number of hydrogen-bond acceptors (Lipinski definition) is 3. The highest BCUT2D eigenvalue weighted by molar-refractivity contribution is 7.47. The molecule has 0 aliphatic heterocycles. The summed E-state index contributed by atoms with van der Waals surface area (Å²) in [5, 5.41) is 1.17. The number of anilines is 1. The first-order valence-corrected chi connectivity index (χ1v) is 7.53. The SMILES string of the molecule is CC.CCCPc1cc(N)cc(C(=O)OC)c1C. The van der Waals surface area contributed by atoms with Gasteiger partial charge in [0.15, 0.2) is 0 Å². The van der Waals surface area contributed by atoms with E-state index in [9.17, 15) is 4.79 Å². The molecule has 0 aromatic heterocycles. The van der Waals surface area contributed by atoms with Crippen LogP contribution in [-0.2, 0) is 4.74 Å². The maximum Gasteiger partial charge on any atom is 0.338 e. The molecular weight excluding hydrogens is 245 g/mol. The first kappa shape index (κ1) is 16.9. The third kappa shape index (κ3) is 4.66. The van der Waals surface area contributed by atoms with Gasteiger partial charge in [-0.3, -0.25) is 0 Å². The molecule has 0 radical (unpaired) electrons. The average molecular weight is 269 g/mol. The molecule has 1 atom stereocenters. The van der Waals surface area contributed by atoms with Gasteiger partial charge in [0.05, 0.1) is 12.7 Å². The van der Waals surface area contributed by atoms with Crippen molar-refractivity contribution in [3.8, 4) is 0 Å². The van der Waals surface area contributed by atoms with Crippen LogP contribution in [0.4, 0.5) is 5.69 Å². The standard InChI is InChI=1S/C12H18NO2P.C2H6/c1-4-5-16-11-7-9(13)6-10(8(11)2)12(14)15-3;1-2/h6-7,16H,4-5,13H2,1-3H3;1-2H3. The van der Waals surface area contributed by atoms with Crippen LogP contribution in [0.2, 0.25) is 0 Å². The highest BCUT2D eigenvalue weighted by Crippen LogP contribution is 2.20. The minimum atomic E-state index is -0.313. The van der Waals surface area contributed by atoms with Gasteiger partial charge in [-0.1, -0.05) is 35.8 Å². The highest BCUT2D eigenvalue weighted by Gasteiger charge is 2.13. The number of methoxy groups -OCH3 is 1. The molecule has 0 saturated heterocycles. The van der Waals surface area contributed by atoms with Gasteiger partial charge in [-0.2, -0.15) is 0 Å². The van der Waals surface area contributed by atoms with E-state index in [-0.39, 0.29) is 5.97 Å². The first-order valence-electron chi connectivity index (χ1n) is 6.32. The van der Waals surface area contributed by atoms with E-state index in [1.165, 1.54) is 12.4 Å². The van der Waals surface area contributed by atoms with Crippen molar-refractivity contribution in [2.75, 3.05) is 19.0 Å². The molecule has 0 spiro atoms. The normalized spacial score (nSPS) is 10.1. The van der Waals surface area contributed by atoms with E-state index < -0.39 is 0 Å². The van der Waals surface area contributed by atoms with Gasteiger partial charge in [-0.25, -0.2) is 4.79 Å². The van der Waals surface area contributed by atoms with Gasteiger partial charge in [-0.15, -0.1) is 0 Å². The third-order valence-corrected chi connectivity index (χ3v) is 4.05. The van der Waals surface area contributed by atoms with Crippen molar-refractivity contribution < 1.29 is 9.53 Å². The molecule has 18 heavy (non-hydrogen) atoms. The van der Waals surface area contributed by atoms with E-state index >= 15 is 0 Å². The number of esters is 1. The van der Waals surface area contributed by atoms with Crippen molar-refractivity contribution in [2.24, 2.45) is 0 Å². The monoisotopic (exact) mass is 269 g/mol. The Bertz CT molecular complexity index is 392. The van der Waals surface area contributed by atoms with E-state index in [1.54, 1.807) is 6.07 Å². The van der Waals surface area contributed by atoms with Crippen LogP contribution >= 0.6 is 8.58 Å². The Labute approximate surface area is 112 Å². The van der Waals surface area contributed by atoms with Gasteiger partial charge in [0.2, 0.25) is 0 Å². The lowest BCUT2D eigenvalue weighted by atomic mass is 10.1. The number of nitrogens with two attached hydrogens (primary N) is 1. The number of carbonyl (C=O) groups excluding carboxylic acids is 1. The van der Waals surface area contributed by atoms with Crippen molar-refractivity contribution in [3.63, 3.8) is 0 Å². The summed E-state index contributed by atoms with van der Waals surface area (Å²) in [5.41, 5.74) is 8.00. The minimum Gasteiger partial charge on any atom is -0.465 e. The molecule has 1 aromatic carbocycles. The van der Waals surface area contributed by atoms with E-state index in [0.29, 0.717) is 19.8 Å². The molecule has 2 N–H and O–H groups in total. The molecule has 0 aliphatic carbocycles. The molecular formula is C14H24NO2P. The smallest absolute Gasteiger partial charge is 0.338 e. The molecule has 3 nitrogen and oxygen atoms in total. The summed E-state index contributed by atoms with van der Waals surface area (Å²) in [4.78, 5) is 11.5. The van der Waals surface area contributed by atoms with Gasteiger partial charge in [0, 0.05) is 5.69 Å². The fraction of sp³-hybridized carbons (Fsp3) is 0.500. The summed E-state index contributed by atoms with van der Waals surface area (Å²) in [6.07, 6.45) is 2.27. The first-order chi connectivity index (χ1) is 8.60. The molecule has 0 heterocycles. The quantitative estimate of drug-likeness (QED) is 0.519. The second-order valence-corrected chi connectivity index (χ2v) is 5.05. The predicted molar refractivity (Wildman–Crippen MR) is 81.4 cm³/mol. The number of hydrogen-bond donors (Lipinski definition) is 1. The van der Waals surface area contributed by atoms with Crippen LogP contribution in [0.25, 0.3) is 0 Å². The van der Waals surface area contributed by atoms with Crippen LogP contribution in [0.15, 0.2) is 12.1 Å². The fourth-order valence-electron chi connectivity index (χ4n) is 1.50. The Kier molecular flexibility index (Phi) is 8.40. The Morgan fingerprint density at radius 1 is 1.39 bits per heavy atom. The summed E-state index contributed by atoms with van der Waals surface area (Å²) in [6.45, 7) is 8.10. The van der Waals surface area contributed by atoms with E-state index in [2.05, 4.69) is 6.92 Å². The maximum atomic E-state index is 11.5.